The Morgan fingerprint density at radius 3 is 2.83 bits per heavy atom. The van der Waals surface area contributed by atoms with Gasteiger partial charge in [0.2, 0.25) is 0 Å². The molecule has 0 amide bonds. The maximum absolute atomic E-state index is 4.61. The van der Waals surface area contributed by atoms with Crippen molar-refractivity contribution in [2.75, 3.05) is 7.11 Å². The van der Waals surface area contributed by atoms with Crippen LogP contribution in [0.1, 0.15) is 18.1 Å². The SMILES string of the molecule is CCc1ccccc1C=NOC. The highest BCUT2D eigenvalue weighted by Crippen LogP contribution is 2.06. The number of aryl methyl sites for hydroxylation is 1. The van der Waals surface area contributed by atoms with Crippen molar-refractivity contribution < 1.29 is 4.84 Å². The predicted octanol–water partition coefficient (Wildman–Crippen LogP) is 2.23. The molecule has 0 aliphatic carbocycles. The van der Waals surface area contributed by atoms with Crippen LogP contribution in [0.5, 0.6) is 0 Å². The van der Waals surface area contributed by atoms with Gasteiger partial charge in [0.15, 0.2) is 0 Å². The van der Waals surface area contributed by atoms with E-state index in [1.165, 1.54) is 5.56 Å². The molecule has 1 rings (SSSR count). The van der Waals surface area contributed by atoms with E-state index in [0.29, 0.717) is 0 Å². The fourth-order valence-electron chi connectivity index (χ4n) is 1.09. The van der Waals surface area contributed by atoms with Gasteiger partial charge in [-0.1, -0.05) is 36.3 Å². The summed E-state index contributed by atoms with van der Waals surface area (Å²) in [6.45, 7) is 2.12. The summed E-state index contributed by atoms with van der Waals surface area (Å²) in [6, 6.07) is 8.15. The van der Waals surface area contributed by atoms with Crippen LogP contribution in [0.3, 0.4) is 0 Å². The van der Waals surface area contributed by atoms with Crippen LogP contribution in [0.4, 0.5) is 0 Å². The maximum atomic E-state index is 4.61. The Bertz CT molecular complexity index is 268. The van der Waals surface area contributed by atoms with Gasteiger partial charge in [0.25, 0.3) is 0 Å². The Hall–Kier alpha value is -1.31. The highest BCUT2D eigenvalue weighted by Gasteiger charge is 1.94. The molecule has 0 N–H and O–H groups in total. The van der Waals surface area contributed by atoms with E-state index in [0.717, 1.165) is 12.0 Å². The van der Waals surface area contributed by atoms with E-state index in [1.54, 1.807) is 13.3 Å². The van der Waals surface area contributed by atoms with Crippen LogP contribution in [0.25, 0.3) is 0 Å². The molecule has 0 radical (unpaired) electrons. The van der Waals surface area contributed by atoms with E-state index >= 15 is 0 Å². The van der Waals surface area contributed by atoms with Gasteiger partial charge in [0, 0.05) is 0 Å². The van der Waals surface area contributed by atoms with Crippen LogP contribution in [0.2, 0.25) is 0 Å². The van der Waals surface area contributed by atoms with Crippen molar-refractivity contribution in [3.63, 3.8) is 0 Å². The molecule has 12 heavy (non-hydrogen) atoms. The van der Waals surface area contributed by atoms with E-state index in [-0.39, 0.29) is 0 Å². The molecule has 1 aromatic carbocycles. The second-order valence-corrected chi connectivity index (χ2v) is 2.47. The standard InChI is InChI=1S/C10H13NO/c1-3-9-6-4-5-7-10(9)8-11-12-2/h4-8H,3H2,1-2H3. The molecule has 0 saturated carbocycles. The lowest BCUT2D eigenvalue weighted by Crippen LogP contribution is -1.90. The molecule has 0 spiro atoms. The van der Waals surface area contributed by atoms with Gasteiger partial charge in [0.05, 0.1) is 6.21 Å². The molecular weight excluding hydrogens is 150 g/mol. The minimum absolute atomic E-state index is 1.02. The number of oxime groups is 1. The average molecular weight is 163 g/mol. The van der Waals surface area contributed by atoms with Gasteiger partial charge in [-0.15, -0.1) is 0 Å². The van der Waals surface area contributed by atoms with Gasteiger partial charge >= 0.3 is 0 Å². The Morgan fingerprint density at radius 1 is 1.42 bits per heavy atom. The van der Waals surface area contributed by atoms with Crippen molar-refractivity contribution in [2.45, 2.75) is 13.3 Å². The first kappa shape index (κ1) is 8.78. The van der Waals surface area contributed by atoms with Gasteiger partial charge in [-0.25, -0.2) is 0 Å². The highest BCUT2D eigenvalue weighted by atomic mass is 16.6. The summed E-state index contributed by atoms with van der Waals surface area (Å²) < 4.78 is 0. The topological polar surface area (TPSA) is 21.6 Å². The molecule has 0 fully saturated rings. The Labute approximate surface area is 72.9 Å². The molecule has 64 valence electrons. The van der Waals surface area contributed by atoms with E-state index in [1.807, 2.05) is 18.2 Å². The lowest BCUT2D eigenvalue weighted by molar-refractivity contribution is 0.215. The lowest BCUT2D eigenvalue weighted by Gasteiger charge is -2.00. The average Bonchev–Trinajstić information content (AvgIpc) is 2.15. The van der Waals surface area contributed by atoms with Crippen molar-refractivity contribution >= 4 is 6.21 Å². The van der Waals surface area contributed by atoms with Gasteiger partial charge in [0.1, 0.15) is 7.11 Å². The molecule has 1 aromatic rings. The highest BCUT2D eigenvalue weighted by molar-refractivity contribution is 5.81. The van der Waals surface area contributed by atoms with Gasteiger partial charge < -0.3 is 4.84 Å². The third-order valence-corrected chi connectivity index (χ3v) is 1.73. The van der Waals surface area contributed by atoms with Crippen molar-refractivity contribution in [2.24, 2.45) is 5.16 Å². The van der Waals surface area contributed by atoms with Crippen molar-refractivity contribution in [3.8, 4) is 0 Å². The fourth-order valence-corrected chi connectivity index (χ4v) is 1.09. The molecular formula is C10H13NO. The first-order valence-corrected chi connectivity index (χ1v) is 4.03. The first-order valence-electron chi connectivity index (χ1n) is 4.03. The fraction of sp³-hybridized carbons (Fsp3) is 0.300. The van der Waals surface area contributed by atoms with Crippen molar-refractivity contribution in [3.05, 3.63) is 35.4 Å². The smallest absolute Gasteiger partial charge is 0.106 e. The predicted molar refractivity (Wildman–Crippen MR) is 50.4 cm³/mol. The third kappa shape index (κ3) is 2.09. The van der Waals surface area contributed by atoms with Gasteiger partial charge in [-0.3, -0.25) is 0 Å². The Kier molecular flexibility index (Phi) is 3.33. The summed E-state index contributed by atoms with van der Waals surface area (Å²) in [6.07, 6.45) is 2.75. The second-order valence-electron chi connectivity index (χ2n) is 2.47. The van der Waals surface area contributed by atoms with Crippen LogP contribution in [0, 0.1) is 0 Å². The molecule has 0 heterocycles. The Morgan fingerprint density at radius 2 is 2.17 bits per heavy atom. The molecule has 0 aliphatic heterocycles. The number of benzene rings is 1. The summed E-state index contributed by atoms with van der Waals surface area (Å²) in [5.41, 5.74) is 2.42. The monoisotopic (exact) mass is 163 g/mol. The lowest BCUT2D eigenvalue weighted by atomic mass is 10.1. The van der Waals surface area contributed by atoms with Gasteiger partial charge in [-0.2, -0.15) is 0 Å². The van der Waals surface area contributed by atoms with Crippen LogP contribution in [-0.4, -0.2) is 13.3 Å². The molecule has 2 heteroatoms. The second kappa shape index (κ2) is 4.54. The van der Waals surface area contributed by atoms with Crippen molar-refractivity contribution in [1.82, 2.24) is 0 Å². The minimum Gasteiger partial charge on any atom is -0.399 e. The van der Waals surface area contributed by atoms with E-state index < -0.39 is 0 Å². The summed E-state index contributed by atoms with van der Waals surface area (Å²) in [4.78, 5) is 4.61. The number of hydrogen-bond donors (Lipinski definition) is 0. The van der Waals surface area contributed by atoms with E-state index in [2.05, 4.69) is 23.0 Å². The maximum Gasteiger partial charge on any atom is 0.106 e. The van der Waals surface area contributed by atoms with E-state index in [9.17, 15) is 0 Å². The molecule has 2 nitrogen and oxygen atoms in total. The zero-order valence-electron chi connectivity index (χ0n) is 7.45. The van der Waals surface area contributed by atoms with Crippen LogP contribution >= 0.6 is 0 Å². The zero-order chi connectivity index (χ0) is 8.81. The quantitative estimate of drug-likeness (QED) is 0.494. The van der Waals surface area contributed by atoms with Crippen LogP contribution in [0.15, 0.2) is 29.4 Å². The zero-order valence-corrected chi connectivity index (χ0v) is 7.45. The largest absolute Gasteiger partial charge is 0.399 e. The summed E-state index contributed by atoms with van der Waals surface area (Å²) in [5, 5.41) is 3.73. The number of rotatable bonds is 3. The Balaban J connectivity index is 2.89. The van der Waals surface area contributed by atoms with E-state index in [4.69, 9.17) is 0 Å². The minimum atomic E-state index is 1.02. The third-order valence-electron chi connectivity index (χ3n) is 1.73. The van der Waals surface area contributed by atoms with Crippen LogP contribution < -0.4 is 0 Å². The van der Waals surface area contributed by atoms with Crippen LogP contribution in [-0.2, 0) is 11.3 Å². The summed E-state index contributed by atoms with van der Waals surface area (Å²) in [7, 11) is 1.55. The van der Waals surface area contributed by atoms with Crippen molar-refractivity contribution in [1.29, 1.82) is 0 Å². The molecule has 0 bridgehead atoms. The molecule has 0 aromatic heterocycles. The number of nitrogens with zero attached hydrogens (tertiary/aromatic N) is 1. The molecule has 0 atom stereocenters. The molecule has 0 aliphatic rings. The molecule has 0 saturated heterocycles. The summed E-state index contributed by atoms with van der Waals surface area (Å²) in [5.74, 6) is 0. The first-order chi connectivity index (χ1) is 5.88. The molecule has 0 unspecified atom stereocenters. The number of hydrogen-bond acceptors (Lipinski definition) is 2. The summed E-state index contributed by atoms with van der Waals surface area (Å²) >= 11 is 0. The van der Waals surface area contributed by atoms with Gasteiger partial charge in [-0.05, 0) is 17.5 Å². The normalized spacial score (nSPS) is 10.5.